The first-order valence-electron chi connectivity index (χ1n) is 7.15. The second kappa shape index (κ2) is 6.93. The number of nitrogens with zero attached hydrogens (tertiary/aromatic N) is 5. The van der Waals surface area contributed by atoms with Crippen LogP contribution in [0, 0.1) is 0 Å². The average molecular weight is 281 g/mol. The molecule has 0 spiro atoms. The number of aryl methyl sites for hydroxylation is 2. The van der Waals surface area contributed by atoms with Crippen LogP contribution in [0.2, 0.25) is 0 Å². The minimum atomic E-state index is 0.665. The number of tetrazole rings is 1. The molecule has 1 fully saturated rings. The molecule has 0 amide bonds. The fraction of sp³-hybridized carbons (Fsp3) is 0.846. The Morgan fingerprint density at radius 1 is 1.37 bits per heavy atom. The Labute approximate surface area is 120 Å². The summed E-state index contributed by atoms with van der Waals surface area (Å²) in [5, 5.41) is 11.5. The SMILES string of the molecule is CN(C(=S)CCCc1nnnn1C)C1CCCCC1. The number of hydrogen-bond donors (Lipinski definition) is 0. The van der Waals surface area contributed by atoms with Crippen molar-refractivity contribution in [3.63, 3.8) is 0 Å². The molecule has 5 nitrogen and oxygen atoms in total. The molecule has 1 saturated carbocycles. The zero-order valence-electron chi connectivity index (χ0n) is 11.9. The molecule has 0 bridgehead atoms. The van der Waals surface area contributed by atoms with E-state index in [4.69, 9.17) is 12.2 Å². The molecular weight excluding hydrogens is 258 g/mol. The van der Waals surface area contributed by atoms with Crippen molar-refractivity contribution >= 4 is 17.2 Å². The van der Waals surface area contributed by atoms with Crippen LogP contribution in [0.25, 0.3) is 0 Å². The third kappa shape index (κ3) is 3.96. The molecule has 0 aromatic carbocycles. The fourth-order valence-electron chi connectivity index (χ4n) is 2.71. The zero-order valence-corrected chi connectivity index (χ0v) is 12.7. The highest BCUT2D eigenvalue weighted by molar-refractivity contribution is 7.80. The zero-order chi connectivity index (χ0) is 13.7. The lowest BCUT2D eigenvalue weighted by molar-refractivity contribution is 0.278. The lowest BCUT2D eigenvalue weighted by atomic mass is 9.94. The van der Waals surface area contributed by atoms with Crippen LogP contribution < -0.4 is 0 Å². The van der Waals surface area contributed by atoms with E-state index in [1.54, 1.807) is 4.68 Å². The maximum atomic E-state index is 5.55. The Morgan fingerprint density at radius 3 is 2.74 bits per heavy atom. The summed E-state index contributed by atoms with van der Waals surface area (Å²) in [5.41, 5.74) is 0. The maximum absolute atomic E-state index is 5.55. The minimum Gasteiger partial charge on any atom is -0.366 e. The fourth-order valence-corrected chi connectivity index (χ4v) is 3.00. The van der Waals surface area contributed by atoms with Crippen molar-refractivity contribution in [2.24, 2.45) is 7.05 Å². The van der Waals surface area contributed by atoms with Gasteiger partial charge in [-0.25, -0.2) is 4.68 Å². The maximum Gasteiger partial charge on any atom is 0.150 e. The Morgan fingerprint density at radius 2 is 2.11 bits per heavy atom. The third-order valence-corrected chi connectivity index (χ3v) is 4.51. The van der Waals surface area contributed by atoms with Crippen LogP contribution in [0.1, 0.15) is 50.8 Å². The molecule has 1 aromatic heterocycles. The molecule has 0 saturated heterocycles. The molecular formula is C13H23N5S. The van der Waals surface area contributed by atoms with Crippen LogP contribution in [0.5, 0.6) is 0 Å². The lowest BCUT2D eigenvalue weighted by Gasteiger charge is -2.33. The van der Waals surface area contributed by atoms with E-state index >= 15 is 0 Å². The van der Waals surface area contributed by atoms with Crippen molar-refractivity contribution in [2.45, 2.75) is 57.4 Å². The van der Waals surface area contributed by atoms with E-state index in [1.807, 2.05) is 7.05 Å². The van der Waals surface area contributed by atoms with E-state index in [1.165, 1.54) is 32.1 Å². The molecule has 1 aliphatic carbocycles. The topological polar surface area (TPSA) is 46.8 Å². The second-order valence-corrected chi connectivity index (χ2v) is 5.84. The molecule has 0 unspecified atom stereocenters. The van der Waals surface area contributed by atoms with Crippen molar-refractivity contribution in [3.8, 4) is 0 Å². The van der Waals surface area contributed by atoms with Crippen molar-refractivity contribution in [1.29, 1.82) is 0 Å². The van der Waals surface area contributed by atoms with Gasteiger partial charge in [-0.2, -0.15) is 0 Å². The Kier molecular flexibility index (Phi) is 5.24. The van der Waals surface area contributed by atoms with E-state index in [9.17, 15) is 0 Å². The van der Waals surface area contributed by atoms with Gasteiger partial charge in [-0.05, 0) is 36.1 Å². The largest absolute Gasteiger partial charge is 0.366 e. The molecule has 1 aliphatic rings. The molecule has 6 heteroatoms. The van der Waals surface area contributed by atoms with Gasteiger partial charge in [0.05, 0.1) is 4.99 Å². The van der Waals surface area contributed by atoms with Gasteiger partial charge in [0.25, 0.3) is 0 Å². The van der Waals surface area contributed by atoms with Crippen molar-refractivity contribution in [1.82, 2.24) is 25.1 Å². The van der Waals surface area contributed by atoms with Gasteiger partial charge in [0.1, 0.15) is 0 Å². The first kappa shape index (κ1) is 14.4. The van der Waals surface area contributed by atoms with E-state index in [2.05, 4.69) is 27.5 Å². The van der Waals surface area contributed by atoms with Gasteiger partial charge in [0.2, 0.25) is 0 Å². The van der Waals surface area contributed by atoms with Gasteiger partial charge in [0.15, 0.2) is 5.82 Å². The highest BCUT2D eigenvalue weighted by Crippen LogP contribution is 2.22. The summed E-state index contributed by atoms with van der Waals surface area (Å²) in [5.74, 6) is 0.933. The van der Waals surface area contributed by atoms with Crippen LogP contribution in [-0.4, -0.2) is 43.2 Å². The number of thiocarbonyl (C=S) groups is 1. The predicted octanol–water partition coefficient (Wildman–Crippen LogP) is 2.12. The third-order valence-electron chi connectivity index (χ3n) is 4.01. The average Bonchev–Trinajstić information content (AvgIpc) is 2.84. The van der Waals surface area contributed by atoms with E-state index in [0.717, 1.165) is 30.1 Å². The minimum absolute atomic E-state index is 0.665. The van der Waals surface area contributed by atoms with Gasteiger partial charge >= 0.3 is 0 Å². The smallest absolute Gasteiger partial charge is 0.150 e. The van der Waals surface area contributed by atoms with Gasteiger partial charge in [-0.1, -0.05) is 31.5 Å². The molecule has 1 aromatic rings. The summed E-state index contributed by atoms with van der Waals surface area (Å²) >= 11 is 5.55. The summed E-state index contributed by atoms with van der Waals surface area (Å²) in [7, 11) is 4.03. The van der Waals surface area contributed by atoms with Crippen LogP contribution in [0.4, 0.5) is 0 Å². The molecule has 1 heterocycles. The van der Waals surface area contributed by atoms with Gasteiger partial charge in [0, 0.05) is 26.6 Å². The van der Waals surface area contributed by atoms with Crippen molar-refractivity contribution < 1.29 is 0 Å². The molecule has 0 aliphatic heterocycles. The van der Waals surface area contributed by atoms with Crippen LogP contribution >= 0.6 is 12.2 Å². The molecule has 0 radical (unpaired) electrons. The van der Waals surface area contributed by atoms with Crippen LogP contribution in [-0.2, 0) is 13.5 Å². The Hall–Kier alpha value is -1.04. The highest BCUT2D eigenvalue weighted by atomic mass is 32.1. The summed E-state index contributed by atoms with van der Waals surface area (Å²) in [4.78, 5) is 3.41. The summed E-state index contributed by atoms with van der Waals surface area (Å²) < 4.78 is 1.73. The standard InChI is InChI=1S/C13H23N5S/c1-17(11-7-4-3-5-8-11)13(19)10-6-9-12-14-15-16-18(12)2/h11H,3-10H2,1-2H3. The summed E-state index contributed by atoms with van der Waals surface area (Å²) in [6, 6.07) is 0.665. The number of rotatable bonds is 5. The number of aromatic nitrogens is 4. The Balaban J connectivity index is 1.73. The number of hydrogen-bond acceptors (Lipinski definition) is 4. The van der Waals surface area contributed by atoms with Crippen LogP contribution in [0.15, 0.2) is 0 Å². The van der Waals surface area contributed by atoms with Crippen LogP contribution in [0.3, 0.4) is 0 Å². The van der Waals surface area contributed by atoms with E-state index in [-0.39, 0.29) is 0 Å². The molecule has 0 N–H and O–H groups in total. The van der Waals surface area contributed by atoms with E-state index < -0.39 is 0 Å². The monoisotopic (exact) mass is 281 g/mol. The second-order valence-electron chi connectivity index (χ2n) is 5.37. The molecule has 0 atom stereocenters. The normalized spacial score (nSPS) is 16.5. The molecule has 2 rings (SSSR count). The Bertz CT molecular complexity index is 411. The van der Waals surface area contributed by atoms with Gasteiger partial charge in [-0.3, -0.25) is 0 Å². The van der Waals surface area contributed by atoms with Gasteiger partial charge in [-0.15, -0.1) is 5.10 Å². The highest BCUT2D eigenvalue weighted by Gasteiger charge is 2.19. The first-order valence-corrected chi connectivity index (χ1v) is 7.56. The first-order chi connectivity index (χ1) is 9.18. The molecule has 19 heavy (non-hydrogen) atoms. The predicted molar refractivity (Wildman–Crippen MR) is 79.0 cm³/mol. The van der Waals surface area contributed by atoms with Crippen molar-refractivity contribution in [2.75, 3.05) is 7.05 Å². The quantitative estimate of drug-likeness (QED) is 0.774. The lowest BCUT2D eigenvalue weighted by Crippen LogP contribution is -2.37. The van der Waals surface area contributed by atoms with E-state index in [0.29, 0.717) is 6.04 Å². The summed E-state index contributed by atoms with van der Waals surface area (Å²) in [6.07, 6.45) is 9.54. The van der Waals surface area contributed by atoms with Crippen molar-refractivity contribution in [3.05, 3.63) is 5.82 Å². The molecule has 106 valence electrons. The summed E-state index contributed by atoms with van der Waals surface area (Å²) in [6.45, 7) is 0. The van der Waals surface area contributed by atoms with Gasteiger partial charge < -0.3 is 4.90 Å².